The van der Waals surface area contributed by atoms with Crippen molar-refractivity contribution in [2.24, 2.45) is 5.41 Å². The monoisotopic (exact) mass is 333 g/mol. The molecule has 0 spiro atoms. The summed E-state index contributed by atoms with van der Waals surface area (Å²) >= 11 is 9.49. The second-order valence-corrected chi connectivity index (χ2v) is 6.94. The molecule has 1 fully saturated rings. The van der Waals surface area contributed by atoms with E-state index in [-0.39, 0.29) is 11.2 Å². The molecule has 1 aliphatic carbocycles. The van der Waals surface area contributed by atoms with E-state index >= 15 is 0 Å². The normalized spacial score (nSPS) is 22.8. The molecule has 1 aromatic carbocycles. The molecule has 2 rings (SSSR count). The lowest BCUT2D eigenvalue weighted by Gasteiger charge is -2.40. The topological polar surface area (TPSA) is 12.0 Å². The molecule has 0 heterocycles. The van der Waals surface area contributed by atoms with Crippen molar-refractivity contribution in [2.75, 3.05) is 5.32 Å². The average molecular weight is 335 g/mol. The highest BCUT2D eigenvalue weighted by Gasteiger charge is 2.32. The molecule has 18 heavy (non-hydrogen) atoms. The summed E-state index contributed by atoms with van der Waals surface area (Å²) < 4.78 is 13.9. The SMILES string of the molecule is CC1(C)CCCCC1Nc1c(Cl)cc(F)cc1Br. The Morgan fingerprint density at radius 3 is 2.72 bits per heavy atom. The largest absolute Gasteiger partial charge is 0.380 e. The number of halogens is 3. The molecule has 1 N–H and O–H groups in total. The first-order valence-electron chi connectivity index (χ1n) is 6.31. The lowest BCUT2D eigenvalue weighted by molar-refractivity contribution is 0.217. The van der Waals surface area contributed by atoms with Crippen molar-refractivity contribution in [1.29, 1.82) is 0 Å². The Morgan fingerprint density at radius 1 is 1.39 bits per heavy atom. The van der Waals surface area contributed by atoms with Gasteiger partial charge in [0.05, 0.1) is 10.7 Å². The van der Waals surface area contributed by atoms with Crippen molar-refractivity contribution in [2.45, 2.75) is 45.6 Å². The van der Waals surface area contributed by atoms with Crippen LogP contribution in [0.2, 0.25) is 5.02 Å². The maximum absolute atomic E-state index is 13.2. The maximum Gasteiger partial charge on any atom is 0.125 e. The van der Waals surface area contributed by atoms with Gasteiger partial charge in [-0.15, -0.1) is 0 Å². The lowest BCUT2D eigenvalue weighted by Crippen LogP contribution is -2.39. The minimum Gasteiger partial charge on any atom is -0.380 e. The number of nitrogens with one attached hydrogen (secondary N) is 1. The van der Waals surface area contributed by atoms with Gasteiger partial charge in [-0.05, 0) is 46.3 Å². The summed E-state index contributed by atoms with van der Waals surface area (Å²) in [7, 11) is 0. The molecule has 1 atom stereocenters. The zero-order valence-electron chi connectivity index (χ0n) is 10.7. The fourth-order valence-corrected chi connectivity index (χ4v) is 3.54. The number of benzene rings is 1. The van der Waals surface area contributed by atoms with E-state index in [0.29, 0.717) is 15.5 Å². The van der Waals surface area contributed by atoms with Crippen LogP contribution < -0.4 is 5.32 Å². The van der Waals surface area contributed by atoms with E-state index in [4.69, 9.17) is 11.6 Å². The average Bonchev–Trinajstić information content (AvgIpc) is 2.24. The Hall–Kier alpha value is -0.280. The van der Waals surface area contributed by atoms with Crippen molar-refractivity contribution >= 4 is 33.2 Å². The number of hydrogen-bond donors (Lipinski definition) is 1. The predicted octanol–water partition coefficient (Wildman–Crippen LogP) is 5.62. The van der Waals surface area contributed by atoms with Crippen LogP contribution in [0.5, 0.6) is 0 Å². The standard InChI is InChI=1S/C14H18BrClFN/c1-14(2)6-4-3-5-12(14)18-13-10(15)7-9(17)8-11(13)16/h7-8,12,18H,3-6H2,1-2H3. The van der Waals surface area contributed by atoms with E-state index in [1.807, 2.05) is 0 Å². The van der Waals surface area contributed by atoms with Gasteiger partial charge in [0.1, 0.15) is 5.82 Å². The molecule has 4 heteroatoms. The van der Waals surface area contributed by atoms with Gasteiger partial charge in [-0.2, -0.15) is 0 Å². The highest BCUT2D eigenvalue weighted by Crippen LogP contribution is 2.40. The summed E-state index contributed by atoms with van der Waals surface area (Å²) in [5.74, 6) is -0.319. The minimum absolute atomic E-state index is 0.245. The van der Waals surface area contributed by atoms with Crippen molar-refractivity contribution in [3.8, 4) is 0 Å². The van der Waals surface area contributed by atoms with Gasteiger partial charge in [-0.25, -0.2) is 4.39 Å². The molecule has 0 bridgehead atoms. The van der Waals surface area contributed by atoms with Crippen molar-refractivity contribution < 1.29 is 4.39 Å². The van der Waals surface area contributed by atoms with Gasteiger partial charge in [0.2, 0.25) is 0 Å². The molecule has 1 aliphatic rings. The quantitative estimate of drug-likeness (QED) is 0.740. The fourth-order valence-electron chi connectivity index (χ4n) is 2.62. The van der Waals surface area contributed by atoms with Crippen molar-refractivity contribution in [1.82, 2.24) is 0 Å². The van der Waals surface area contributed by atoms with E-state index < -0.39 is 0 Å². The molecule has 1 nitrogen and oxygen atoms in total. The van der Waals surface area contributed by atoms with Crippen LogP contribution in [0.3, 0.4) is 0 Å². The van der Waals surface area contributed by atoms with Crippen LogP contribution in [-0.4, -0.2) is 6.04 Å². The van der Waals surface area contributed by atoms with E-state index in [2.05, 4.69) is 35.1 Å². The lowest BCUT2D eigenvalue weighted by atomic mass is 9.73. The van der Waals surface area contributed by atoms with Crippen LogP contribution >= 0.6 is 27.5 Å². The first-order chi connectivity index (χ1) is 8.40. The van der Waals surface area contributed by atoms with E-state index in [0.717, 1.165) is 12.1 Å². The summed E-state index contributed by atoms with van der Waals surface area (Å²) in [6.07, 6.45) is 4.86. The number of hydrogen-bond acceptors (Lipinski definition) is 1. The van der Waals surface area contributed by atoms with Gasteiger partial charge in [0, 0.05) is 10.5 Å². The molecular weight excluding hydrogens is 317 g/mol. The van der Waals surface area contributed by atoms with E-state index in [9.17, 15) is 4.39 Å². The van der Waals surface area contributed by atoms with Crippen molar-refractivity contribution in [3.05, 3.63) is 27.4 Å². The highest BCUT2D eigenvalue weighted by atomic mass is 79.9. The highest BCUT2D eigenvalue weighted by molar-refractivity contribution is 9.10. The summed E-state index contributed by atoms with van der Waals surface area (Å²) in [5.41, 5.74) is 1.05. The fraction of sp³-hybridized carbons (Fsp3) is 0.571. The Morgan fingerprint density at radius 2 is 2.11 bits per heavy atom. The van der Waals surface area contributed by atoms with Gasteiger partial charge in [0.15, 0.2) is 0 Å². The molecular formula is C14H18BrClFN. The minimum atomic E-state index is -0.319. The summed E-state index contributed by atoms with van der Waals surface area (Å²) in [6, 6.07) is 3.18. The van der Waals surface area contributed by atoms with Gasteiger partial charge < -0.3 is 5.32 Å². The first-order valence-corrected chi connectivity index (χ1v) is 7.48. The van der Waals surface area contributed by atoms with Gasteiger partial charge in [-0.1, -0.05) is 38.3 Å². The van der Waals surface area contributed by atoms with Gasteiger partial charge >= 0.3 is 0 Å². The van der Waals surface area contributed by atoms with Crippen LogP contribution in [0, 0.1) is 11.2 Å². The molecule has 1 unspecified atom stereocenters. The van der Waals surface area contributed by atoms with Crippen LogP contribution in [-0.2, 0) is 0 Å². The predicted molar refractivity (Wildman–Crippen MR) is 78.8 cm³/mol. The molecule has 1 aromatic rings. The van der Waals surface area contributed by atoms with Gasteiger partial charge in [-0.3, -0.25) is 0 Å². The molecule has 1 saturated carbocycles. The molecule has 0 aromatic heterocycles. The molecule has 0 radical (unpaired) electrons. The second-order valence-electron chi connectivity index (χ2n) is 5.68. The second kappa shape index (κ2) is 5.38. The van der Waals surface area contributed by atoms with Crippen LogP contribution in [0.4, 0.5) is 10.1 Å². The zero-order valence-corrected chi connectivity index (χ0v) is 13.0. The molecule has 0 saturated heterocycles. The Labute approximate surface area is 121 Å². The Balaban J connectivity index is 2.23. The third-order valence-corrected chi connectivity index (χ3v) is 4.76. The Kier molecular flexibility index (Phi) is 4.22. The van der Waals surface area contributed by atoms with Crippen LogP contribution in [0.1, 0.15) is 39.5 Å². The third kappa shape index (κ3) is 3.00. The third-order valence-electron chi connectivity index (χ3n) is 3.83. The number of anilines is 1. The zero-order chi connectivity index (χ0) is 13.3. The summed E-state index contributed by atoms with van der Waals surface area (Å²) in [6.45, 7) is 4.55. The Bertz CT molecular complexity index is 424. The summed E-state index contributed by atoms with van der Waals surface area (Å²) in [4.78, 5) is 0. The maximum atomic E-state index is 13.2. The van der Waals surface area contributed by atoms with Crippen LogP contribution in [0.15, 0.2) is 16.6 Å². The molecule has 0 aliphatic heterocycles. The first kappa shape index (κ1) is 14.1. The van der Waals surface area contributed by atoms with E-state index in [1.165, 1.54) is 31.4 Å². The van der Waals surface area contributed by atoms with Crippen molar-refractivity contribution in [3.63, 3.8) is 0 Å². The summed E-state index contributed by atoms with van der Waals surface area (Å²) in [5, 5.41) is 3.92. The van der Waals surface area contributed by atoms with Gasteiger partial charge in [0.25, 0.3) is 0 Å². The molecule has 0 amide bonds. The van der Waals surface area contributed by atoms with E-state index in [1.54, 1.807) is 0 Å². The number of rotatable bonds is 2. The molecule has 100 valence electrons. The smallest absolute Gasteiger partial charge is 0.125 e. The van der Waals surface area contributed by atoms with Crippen LogP contribution in [0.25, 0.3) is 0 Å².